The zero-order valence-corrected chi connectivity index (χ0v) is 11.3. The number of aromatic nitrogens is 1. The van der Waals surface area contributed by atoms with Crippen LogP contribution in [-0.2, 0) is 0 Å². The molecule has 2 heterocycles. The Labute approximate surface area is 110 Å². The van der Waals surface area contributed by atoms with Crippen molar-refractivity contribution in [2.75, 3.05) is 30.4 Å². The molecule has 0 unspecified atom stereocenters. The molecule has 3 nitrogen and oxygen atoms in total. The number of piperidine rings is 1. The molecule has 3 rings (SSSR count). The molecule has 1 aromatic heterocycles. The van der Waals surface area contributed by atoms with E-state index in [0.717, 1.165) is 11.6 Å². The van der Waals surface area contributed by atoms with Crippen LogP contribution in [0.25, 0.3) is 0 Å². The summed E-state index contributed by atoms with van der Waals surface area (Å²) in [6, 6.07) is 6.24. The van der Waals surface area contributed by atoms with E-state index in [0.29, 0.717) is 5.41 Å². The number of hydrogen-bond donors (Lipinski definition) is 1. The van der Waals surface area contributed by atoms with Crippen LogP contribution in [0.5, 0.6) is 0 Å². The minimum Gasteiger partial charge on any atom is -0.373 e. The number of rotatable bonds is 2. The lowest BCUT2D eigenvalue weighted by Crippen LogP contribution is -2.39. The fourth-order valence-electron chi connectivity index (χ4n) is 3.57. The maximum absolute atomic E-state index is 4.64. The molecule has 1 saturated carbocycles. The van der Waals surface area contributed by atoms with Crippen LogP contribution in [0, 0.1) is 5.41 Å². The smallest absolute Gasteiger partial charge is 0.130 e. The molecule has 0 amide bonds. The van der Waals surface area contributed by atoms with Crippen molar-refractivity contribution < 1.29 is 0 Å². The van der Waals surface area contributed by atoms with Crippen LogP contribution in [0.3, 0.4) is 0 Å². The third-order valence-corrected chi connectivity index (χ3v) is 4.80. The zero-order chi connectivity index (χ0) is 12.4. The first kappa shape index (κ1) is 11.8. The fraction of sp³-hybridized carbons (Fsp3) is 0.667. The predicted molar refractivity (Wildman–Crippen MR) is 76.1 cm³/mol. The maximum Gasteiger partial charge on any atom is 0.130 e. The van der Waals surface area contributed by atoms with E-state index in [1.807, 2.05) is 13.1 Å². The highest BCUT2D eigenvalue weighted by molar-refractivity contribution is 5.47. The summed E-state index contributed by atoms with van der Waals surface area (Å²) in [6.07, 6.45) is 8.55. The molecule has 1 spiro atoms. The summed E-state index contributed by atoms with van der Waals surface area (Å²) in [7, 11) is 1.93. The molecular formula is C15H23N3. The molecule has 0 atom stereocenters. The van der Waals surface area contributed by atoms with Gasteiger partial charge in [-0.05, 0) is 43.2 Å². The van der Waals surface area contributed by atoms with E-state index in [-0.39, 0.29) is 0 Å². The van der Waals surface area contributed by atoms with E-state index in [1.165, 1.54) is 51.6 Å². The second kappa shape index (κ2) is 4.79. The van der Waals surface area contributed by atoms with Crippen molar-refractivity contribution in [2.45, 2.75) is 38.5 Å². The first-order valence-electron chi connectivity index (χ1n) is 7.21. The van der Waals surface area contributed by atoms with Gasteiger partial charge in [-0.15, -0.1) is 0 Å². The van der Waals surface area contributed by atoms with Gasteiger partial charge in [0.05, 0.1) is 0 Å². The van der Waals surface area contributed by atoms with E-state index < -0.39 is 0 Å². The minimum absolute atomic E-state index is 0.692. The molecule has 0 aromatic carbocycles. The third kappa shape index (κ3) is 2.18. The highest BCUT2D eigenvalue weighted by Gasteiger charge is 2.37. The van der Waals surface area contributed by atoms with E-state index in [2.05, 4.69) is 27.3 Å². The topological polar surface area (TPSA) is 28.2 Å². The Hall–Kier alpha value is -1.25. The summed E-state index contributed by atoms with van der Waals surface area (Å²) in [6.45, 7) is 2.36. The van der Waals surface area contributed by atoms with E-state index >= 15 is 0 Å². The minimum atomic E-state index is 0.692. The Morgan fingerprint density at radius 2 is 1.83 bits per heavy atom. The van der Waals surface area contributed by atoms with Crippen LogP contribution in [0.1, 0.15) is 38.5 Å². The number of nitrogens with one attached hydrogen (secondary N) is 1. The second-order valence-corrected chi connectivity index (χ2v) is 5.83. The average Bonchev–Trinajstić information content (AvgIpc) is 2.88. The monoisotopic (exact) mass is 245 g/mol. The first-order valence-corrected chi connectivity index (χ1v) is 7.21. The van der Waals surface area contributed by atoms with E-state index in [9.17, 15) is 0 Å². The van der Waals surface area contributed by atoms with Gasteiger partial charge in [0.1, 0.15) is 11.6 Å². The summed E-state index contributed by atoms with van der Waals surface area (Å²) in [4.78, 5) is 7.09. The van der Waals surface area contributed by atoms with Gasteiger partial charge >= 0.3 is 0 Å². The predicted octanol–water partition coefficient (Wildman–Crippen LogP) is 3.28. The molecule has 3 heteroatoms. The highest BCUT2D eigenvalue weighted by atomic mass is 15.2. The Balaban J connectivity index is 1.68. The Bertz CT molecular complexity index is 400. The number of anilines is 2. The van der Waals surface area contributed by atoms with Gasteiger partial charge in [-0.2, -0.15) is 0 Å². The second-order valence-electron chi connectivity index (χ2n) is 5.83. The third-order valence-electron chi connectivity index (χ3n) is 4.80. The van der Waals surface area contributed by atoms with Gasteiger partial charge in [0.25, 0.3) is 0 Å². The molecule has 1 aliphatic heterocycles. The molecule has 2 aliphatic rings. The fourth-order valence-corrected chi connectivity index (χ4v) is 3.57. The van der Waals surface area contributed by atoms with Gasteiger partial charge in [0.2, 0.25) is 0 Å². The van der Waals surface area contributed by atoms with Crippen LogP contribution in [0.4, 0.5) is 11.6 Å². The maximum atomic E-state index is 4.64. The van der Waals surface area contributed by atoms with Crippen molar-refractivity contribution in [3.05, 3.63) is 18.2 Å². The lowest BCUT2D eigenvalue weighted by Gasteiger charge is -2.40. The number of hydrogen-bond acceptors (Lipinski definition) is 3. The van der Waals surface area contributed by atoms with Gasteiger partial charge in [-0.3, -0.25) is 0 Å². The first-order chi connectivity index (χ1) is 8.81. The highest BCUT2D eigenvalue weighted by Crippen LogP contribution is 2.46. The van der Waals surface area contributed by atoms with Crippen molar-refractivity contribution in [1.82, 2.24) is 4.98 Å². The molecule has 1 aliphatic carbocycles. The largest absolute Gasteiger partial charge is 0.373 e. The standard InChI is InChI=1S/C15H23N3/c1-16-13-5-4-6-14(17-13)18-11-9-15(10-12-18)7-2-3-8-15/h4-6H,2-3,7-12H2,1H3,(H,16,17). The molecule has 98 valence electrons. The summed E-state index contributed by atoms with van der Waals surface area (Å²) in [5, 5.41) is 3.12. The normalized spacial score (nSPS) is 22.4. The summed E-state index contributed by atoms with van der Waals surface area (Å²) >= 11 is 0. The summed E-state index contributed by atoms with van der Waals surface area (Å²) in [5.41, 5.74) is 0.692. The molecule has 1 aromatic rings. The van der Waals surface area contributed by atoms with Gasteiger partial charge in [0.15, 0.2) is 0 Å². The molecule has 0 bridgehead atoms. The van der Waals surface area contributed by atoms with Gasteiger partial charge in [0, 0.05) is 20.1 Å². The Kier molecular flexibility index (Phi) is 3.14. The van der Waals surface area contributed by atoms with E-state index in [4.69, 9.17) is 0 Å². The quantitative estimate of drug-likeness (QED) is 0.866. The SMILES string of the molecule is CNc1cccc(N2CCC3(CCCC3)CC2)n1. The van der Waals surface area contributed by atoms with Crippen LogP contribution in [0.2, 0.25) is 0 Å². The summed E-state index contributed by atoms with van der Waals surface area (Å²) < 4.78 is 0. The van der Waals surface area contributed by atoms with Crippen molar-refractivity contribution in [3.8, 4) is 0 Å². The van der Waals surface area contributed by atoms with Gasteiger partial charge < -0.3 is 10.2 Å². The zero-order valence-electron chi connectivity index (χ0n) is 11.3. The van der Waals surface area contributed by atoms with Gasteiger partial charge in [-0.25, -0.2) is 4.98 Å². The number of nitrogens with zero attached hydrogens (tertiary/aromatic N) is 2. The molecule has 1 N–H and O–H groups in total. The molecule has 1 saturated heterocycles. The lowest BCUT2D eigenvalue weighted by molar-refractivity contribution is 0.226. The van der Waals surface area contributed by atoms with Gasteiger partial charge in [-0.1, -0.05) is 18.9 Å². The van der Waals surface area contributed by atoms with Crippen LogP contribution in [0.15, 0.2) is 18.2 Å². The average molecular weight is 245 g/mol. The molecule has 2 fully saturated rings. The van der Waals surface area contributed by atoms with Crippen LogP contribution in [-0.4, -0.2) is 25.1 Å². The lowest BCUT2D eigenvalue weighted by atomic mass is 9.77. The van der Waals surface area contributed by atoms with Crippen LogP contribution < -0.4 is 10.2 Å². The van der Waals surface area contributed by atoms with Crippen molar-refractivity contribution >= 4 is 11.6 Å². The molecular weight excluding hydrogens is 222 g/mol. The van der Waals surface area contributed by atoms with Crippen molar-refractivity contribution in [2.24, 2.45) is 5.41 Å². The van der Waals surface area contributed by atoms with Crippen LogP contribution >= 0.6 is 0 Å². The summed E-state index contributed by atoms with van der Waals surface area (Å²) in [5.74, 6) is 2.10. The molecule has 18 heavy (non-hydrogen) atoms. The van der Waals surface area contributed by atoms with Crippen molar-refractivity contribution in [3.63, 3.8) is 0 Å². The molecule has 0 radical (unpaired) electrons. The number of pyridine rings is 1. The Morgan fingerprint density at radius 1 is 1.11 bits per heavy atom. The van der Waals surface area contributed by atoms with Crippen molar-refractivity contribution in [1.29, 1.82) is 0 Å². The van der Waals surface area contributed by atoms with E-state index in [1.54, 1.807) is 0 Å². The Morgan fingerprint density at radius 3 is 2.50 bits per heavy atom.